The fourth-order valence-electron chi connectivity index (χ4n) is 4.29. The minimum atomic E-state index is -0.0727. The first-order valence-electron chi connectivity index (χ1n) is 9.57. The number of hydrogen-bond acceptors (Lipinski definition) is 3. The van der Waals surface area contributed by atoms with Crippen molar-refractivity contribution in [3.8, 4) is 0 Å². The van der Waals surface area contributed by atoms with Gasteiger partial charge in [-0.15, -0.1) is 0 Å². The van der Waals surface area contributed by atoms with Gasteiger partial charge in [-0.3, -0.25) is 4.90 Å². The lowest BCUT2D eigenvalue weighted by Crippen LogP contribution is -2.61. The first-order valence-corrected chi connectivity index (χ1v) is 9.57. The van der Waals surface area contributed by atoms with E-state index < -0.39 is 0 Å². The van der Waals surface area contributed by atoms with Crippen LogP contribution in [-0.2, 0) is 0 Å². The molecule has 0 atom stereocenters. The molecule has 1 saturated heterocycles. The van der Waals surface area contributed by atoms with Gasteiger partial charge in [0.25, 0.3) is 0 Å². The summed E-state index contributed by atoms with van der Waals surface area (Å²) in [6.07, 6.45) is 4.04. The van der Waals surface area contributed by atoms with E-state index in [0.29, 0.717) is 18.1 Å². The lowest BCUT2D eigenvalue weighted by Gasteiger charge is -2.46. The van der Waals surface area contributed by atoms with Gasteiger partial charge in [-0.25, -0.2) is 0 Å². The van der Waals surface area contributed by atoms with Crippen LogP contribution in [0.5, 0.6) is 0 Å². The number of hydrogen-bond donors (Lipinski definition) is 2. The van der Waals surface area contributed by atoms with Gasteiger partial charge in [-0.2, -0.15) is 0 Å². The number of aliphatic hydroxyl groups is 1. The largest absolute Gasteiger partial charge is 0.393 e. The average molecular weight is 336 g/mol. The van der Waals surface area contributed by atoms with Crippen molar-refractivity contribution in [2.24, 2.45) is 0 Å². The van der Waals surface area contributed by atoms with Gasteiger partial charge in [-0.1, -0.05) is 60.7 Å². The zero-order valence-electron chi connectivity index (χ0n) is 14.7. The lowest BCUT2D eigenvalue weighted by molar-refractivity contribution is 0.0683. The third-order valence-electron chi connectivity index (χ3n) is 5.67. The Morgan fingerprint density at radius 2 is 1.28 bits per heavy atom. The predicted molar refractivity (Wildman–Crippen MR) is 101 cm³/mol. The SMILES string of the molecule is OC1CCC(NC2CN(C(c3ccccc3)c3ccccc3)C2)CC1. The maximum Gasteiger partial charge on any atom is 0.0602 e. The minimum Gasteiger partial charge on any atom is -0.393 e. The molecule has 0 amide bonds. The van der Waals surface area contributed by atoms with Gasteiger partial charge in [0, 0.05) is 25.2 Å². The van der Waals surface area contributed by atoms with Gasteiger partial charge < -0.3 is 10.4 Å². The molecule has 3 nitrogen and oxygen atoms in total. The van der Waals surface area contributed by atoms with Gasteiger partial charge in [0.1, 0.15) is 0 Å². The molecular weight excluding hydrogens is 308 g/mol. The van der Waals surface area contributed by atoms with Gasteiger partial charge in [0.05, 0.1) is 12.1 Å². The van der Waals surface area contributed by atoms with Crippen molar-refractivity contribution >= 4 is 0 Å². The Morgan fingerprint density at radius 3 is 1.80 bits per heavy atom. The summed E-state index contributed by atoms with van der Waals surface area (Å²) in [4.78, 5) is 2.57. The van der Waals surface area contributed by atoms with Crippen LogP contribution in [0, 0.1) is 0 Å². The second-order valence-corrected chi connectivity index (χ2v) is 7.55. The molecule has 2 aliphatic rings. The molecule has 1 saturated carbocycles. The molecule has 132 valence electrons. The summed E-state index contributed by atoms with van der Waals surface area (Å²) in [6, 6.07) is 23.2. The molecule has 2 aromatic carbocycles. The first-order chi connectivity index (χ1) is 12.3. The third-order valence-corrected chi connectivity index (χ3v) is 5.67. The van der Waals surface area contributed by atoms with Crippen LogP contribution < -0.4 is 5.32 Å². The van der Waals surface area contributed by atoms with E-state index in [4.69, 9.17) is 0 Å². The van der Waals surface area contributed by atoms with E-state index in [0.717, 1.165) is 38.8 Å². The van der Waals surface area contributed by atoms with Crippen molar-refractivity contribution in [3.63, 3.8) is 0 Å². The average Bonchev–Trinajstić information content (AvgIpc) is 2.63. The van der Waals surface area contributed by atoms with Gasteiger partial charge >= 0.3 is 0 Å². The van der Waals surface area contributed by atoms with Crippen molar-refractivity contribution < 1.29 is 5.11 Å². The summed E-state index contributed by atoms with van der Waals surface area (Å²) < 4.78 is 0. The Morgan fingerprint density at radius 1 is 0.760 bits per heavy atom. The van der Waals surface area contributed by atoms with Crippen LogP contribution in [-0.4, -0.2) is 41.3 Å². The zero-order valence-corrected chi connectivity index (χ0v) is 14.7. The van der Waals surface area contributed by atoms with Crippen LogP contribution in [0.2, 0.25) is 0 Å². The molecule has 0 spiro atoms. The van der Waals surface area contributed by atoms with Crippen molar-refractivity contribution in [3.05, 3.63) is 71.8 Å². The molecule has 2 aromatic rings. The van der Waals surface area contributed by atoms with Gasteiger partial charge in [0.15, 0.2) is 0 Å². The Balaban J connectivity index is 1.41. The summed E-state index contributed by atoms with van der Waals surface area (Å²) in [6.45, 7) is 2.18. The molecule has 25 heavy (non-hydrogen) atoms. The Hall–Kier alpha value is -1.68. The number of benzene rings is 2. The monoisotopic (exact) mass is 336 g/mol. The van der Waals surface area contributed by atoms with Crippen molar-refractivity contribution in [2.75, 3.05) is 13.1 Å². The van der Waals surface area contributed by atoms with E-state index >= 15 is 0 Å². The van der Waals surface area contributed by atoms with Crippen LogP contribution in [0.25, 0.3) is 0 Å². The minimum absolute atomic E-state index is 0.0727. The number of nitrogens with one attached hydrogen (secondary N) is 1. The lowest BCUT2D eigenvalue weighted by atomic mass is 9.90. The molecule has 0 bridgehead atoms. The highest BCUT2D eigenvalue weighted by Gasteiger charge is 2.35. The molecule has 1 aliphatic carbocycles. The molecule has 3 heteroatoms. The molecule has 1 heterocycles. The van der Waals surface area contributed by atoms with E-state index in [-0.39, 0.29) is 6.10 Å². The molecular formula is C22H28N2O. The number of nitrogens with zero attached hydrogens (tertiary/aromatic N) is 1. The number of aliphatic hydroxyl groups excluding tert-OH is 1. The third kappa shape index (κ3) is 3.95. The van der Waals surface area contributed by atoms with Crippen molar-refractivity contribution in [2.45, 2.75) is 49.9 Å². The highest BCUT2D eigenvalue weighted by Crippen LogP contribution is 2.32. The molecule has 0 unspecified atom stereocenters. The Bertz CT molecular complexity index is 607. The van der Waals surface area contributed by atoms with Gasteiger partial charge in [0.2, 0.25) is 0 Å². The first kappa shape index (κ1) is 16.8. The number of rotatable bonds is 5. The standard InChI is InChI=1S/C22H28N2O/c25-21-13-11-19(12-14-21)23-20-15-24(16-20)22(17-7-3-1-4-8-17)18-9-5-2-6-10-18/h1-10,19-23,25H,11-16H2. The Labute approximate surface area is 150 Å². The highest BCUT2D eigenvalue weighted by molar-refractivity contribution is 5.32. The topological polar surface area (TPSA) is 35.5 Å². The highest BCUT2D eigenvalue weighted by atomic mass is 16.3. The van der Waals surface area contributed by atoms with Crippen LogP contribution in [0.1, 0.15) is 42.9 Å². The number of likely N-dealkylation sites (tertiary alicyclic amines) is 1. The van der Waals surface area contributed by atoms with E-state index in [1.807, 2.05) is 0 Å². The summed E-state index contributed by atoms with van der Waals surface area (Å²) in [5, 5.41) is 13.5. The van der Waals surface area contributed by atoms with E-state index in [9.17, 15) is 5.11 Å². The molecule has 0 radical (unpaired) electrons. The van der Waals surface area contributed by atoms with E-state index in [1.165, 1.54) is 11.1 Å². The molecule has 4 rings (SSSR count). The quantitative estimate of drug-likeness (QED) is 0.879. The maximum absolute atomic E-state index is 9.66. The second kappa shape index (κ2) is 7.69. The van der Waals surface area contributed by atoms with Crippen LogP contribution in [0.15, 0.2) is 60.7 Å². The van der Waals surface area contributed by atoms with Crippen molar-refractivity contribution in [1.82, 2.24) is 10.2 Å². The normalized spacial score (nSPS) is 25.0. The summed E-state index contributed by atoms with van der Waals surface area (Å²) in [5.41, 5.74) is 2.74. The molecule has 1 aliphatic heterocycles. The second-order valence-electron chi connectivity index (χ2n) is 7.55. The zero-order chi connectivity index (χ0) is 17.1. The Kier molecular flexibility index (Phi) is 5.16. The van der Waals surface area contributed by atoms with Crippen LogP contribution in [0.3, 0.4) is 0 Å². The molecule has 2 N–H and O–H groups in total. The fraction of sp³-hybridized carbons (Fsp3) is 0.455. The van der Waals surface area contributed by atoms with Crippen LogP contribution >= 0.6 is 0 Å². The molecule has 0 aromatic heterocycles. The fourth-order valence-corrected chi connectivity index (χ4v) is 4.29. The van der Waals surface area contributed by atoms with E-state index in [1.54, 1.807) is 0 Å². The van der Waals surface area contributed by atoms with Crippen molar-refractivity contribution in [1.29, 1.82) is 0 Å². The van der Waals surface area contributed by atoms with E-state index in [2.05, 4.69) is 70.9 Å². The molecule has 2 fully saturated rings. The smallest absolute Gasteiger partial charge is 0.0602 e. The summed E-state index contributed by atoms with van der Waals surface area (Å²) >= 11 is 0. The summed E-state index contributed by atoms with van der Waals surface area (Å²) in [5.74, 6) is 0. The predicted octanol–water partition coefficient (Wildman–Crippen LogP) is 3.35. The van der Waals surface area contributed by atoms with Crippen LogP contribution in [0.4, 0.5) is 0 Å². The maximum atomic E-state index is 9.66. The van der Waals surface area contributed by atoms with Gasteiger partial charge in [-0.05, 0) is 36.8 Å². The summed E-state index contributed by atoms with van der Waals surface area (Å²) in [7, 11) is 0.